The van der Waals surface area contributed by atoms with Crippen molar-refractivity contribution >= 4 is 5.95 Å². The van der Waals surface area contributed by atoms with Gasteiger partial charge in [0.1, 0.15) is 11.8 Å². The first kappa shape index (κ1) is 12.4. The molecule has 1 aliphatic heterocycles. The quantitative estimate of drug-likeness (QED) is 0.814. The lowest BCUT2D eigenvalue weighted by Gasteiger charge is -2.34. The molecule has 5 nitrogen and oxygen atoms in total. The lowest BCUT2D eigenvalue weighted by Crippen LogP contribution is -2.47. The molecule has 5 heteroatoms. The average molecular weight is 257 g/mol. The minimum absolute atomic E-state index is 0.461. The summed E-state index contributed by atoms with van der Waals surface area (Å²) in [5, 5.41) is 8.97. The predicted octanol–water partition coefficient (Wildman–Crippen LogP) is 1.19. The molecule has 3 rings (SSSR count). The van der Waals surface area contributed by atoms with Gasteiger partial charge in [-0.25, -0.2) is 9.97 Å². The maximum atomic E-state index is 8.97. The van der Waals surface area contributed by atoms with E-state index in [0.717, 1.165) is 37.8 Å². The van der Waals surface area contributed by atoms with Crippen LogP contribution >= 0.6 is 0 Å². The highest BCUT2D eigenvalue weighted by molar-refractivity contribution is 5.36. The normalized spacial score (nSPS) is 20.3. The number of aryl methyl sites for hydroxylation is 1. The van der Waals surface area contributed by atoms with Crippen molar-refractivity contribution in [1.82, 2.24) is 14.9 Å². The Balaban J connectivity index is 1.64. The van der Waals surface area contributed by atoms with Gasteiger partial charge in [0.15, 0.2) is 0 Å². The van der Waals surface area contributed by atoms with Crippen LogP contribution in [0.3, 0.4) is 0 Å². The Bertz CT molecular complexity index is 495. The van der Waals surface area contributed by atoms with E-state index in [-0.39, 0.29) is 0 Å². The molecular weight excluding hydrogens is 238 g/mol. The van der Waals surface area contributed by atoms with E-state index in [1.165, 1.54) is 19.4 Å². The van der Waals surface area contributed by atoms with E-state index < -0.39 is 0 Å². The fourth-order valence-electron chi connectivity index (χ4n) is 2.55. The largest absolute Gasteiger partial charge is 0.338 e. The number of nitriles is 1. The van der Waals surface area contributed by atoms with Gasteiger partial charge in [-0.05, 0) is 31.7 Å². The second-order valence-corrected chi connectivity index (χ2v) is 5.54. The van der Waals surface area contributed by atoms with Crippen LogP contribution in [-0.4, -0.2) is 47.6 Å². The van der Waals surface area contributed by atoms with Gasteiger partial charge in [-0.15, -0.1) is 0 Å². The maximum absolute atomic E-state index is 8.97. The third-order valence-corrected chi connectivity index (χ3v) is 3.83. The summed E-state index contributed by atoms with van der Waals surface area (Å²) >= 11 is 0. The van der Waals surface area contributed by atoms with Crippen molar-refractivity contribution in [3.05, 3.63) is 17.5 Å². The van der Waals surface area contributed by atoms with Crippen molar-refractivity contribution in [3.63, 3.8) is 0 Å². The van der Waals surface area contributed by atoms with Gasteiger partial charge in [0.05, 0.1) is 0 Å². The topological polar surface area (TPSA) is 56.1 Å². The van der Waals surface area contributed by atoms with E-state index in [0.29, 0.717) is 11.6 Å². The minimum Gasteiger partial charge on any atom is -0.338 e. The van der Waals surface area contributed by atoms with Crippen molar-refractivity contribution in [1.29, 1.82) is 5.26 Å². The predicted molar refractivity (Wildman–Crippen MR) is 72.9 cm³/mol. The Morgan fingerprint density at radius 1 is 1.26 bits per heavy atom. The molecule has 1 aromatic heterocycles. The summed E-state index contributed by atoms with van der Waals surface area (Å²) in [6.07, 6.45) is 2.82. The zero-order valence-corrected chi connectivity index (χ0v) is 11.3. The summed E-state index contributed by atoms with van der Waals surface area (Å²) < 4.78 is 0. The molecule has 2 heterocycles. The molecule has 1 aromatic rings. The van der Waals surface area contributed by atoms with Crippen molar-refractivity contribution in [2.45, 2.75) is 19.8 Å². The highest BCUT2D eigenvalue weighted by atomic mass is 15.3. The van der Waals surface area contributed by atoms with E-state index in [4.69, 9.17) is 5.26 Å². The number of hydrogen-bond acceptors (Lipinski definition) is 5. The van der Waals surface area contributed by atoms with Gasteiger partial charge in [-0.2, -0.15) is 5.26 Å². The van der Waals surface area contributed by atoms with E-state index in [2.05, 4.69) is 25.8 Å². The van der Waals surface area contributed by atoms with Crippen LogP contribution in [0.15, 0.2) is 6.07 Å². The van der Waals surface area contributed by atoms with Gasteiger partial charge < -0.3 is 4.90 Å². The number of aromatic nitrogens is 2. The number of hydrogen-bond donors (Lipinski definition) is 0. The molecule has 1 aliphatic carbocycles. The van der Waals surface area contributed by atoms with Crippen molar-refractivity contribution in [2.75, 3.05) is 37.6 Å². The standard InChI is InChI=1S/C14H19N5/c1-11-8-13(9-15)17-14(16-11)19-6-4-18(5-7-19)10-12-2-3-12/h8,12H,2-7,10H2,1H3. The van der Waals surface area contributed by atoms with Crippen LogP contribution in [0.1, 0.15) is 24.2 Å². The van der Waals surface area contributed by atoms with Crippen molar-refractivity contribution in [3.8, 4) is 6.07 Å². The van der Waals surface area contributed by atoms with Crippen molar-refractivity contribution < 1.29 is 0 Å². The average Bonchev–Trinajstić information content (AvgIpc) is 3.23. The van der Waals surface area contributed by atoms with E-state index >= 15 is 0 Å². The summed E-state index contributed by atoms with van der Waals surface area (Å²) in [7, 11) is 0. The molecule has 0 spiro atoms. The number of piperazine rings is 1. The molecule has 19 heavy (non-hydrogen) atoms. The van der Waals surface area contributed by atoms with Crippen LogP contribution in [-0.2, 0) is 0 Å². The Hall–Kier alpha value is -1.67. The molecular formula is C14H19N5. The van der Waals surface area contributed by atoms with Crippen LogP contribution in [0, 0.1) is 24.2 Å². The van der Waals surface area contributed by atoms with Gasteiger partial charge in [0.2, 0.25) is 5.95 Å². The molecule has 1 saturated carbocycles. The van der Waals surface area contributed by atoms with Crippen LogP contribution < -0.4 is 4.90 Å². The third-order valence-electron chi connectivity index (χ3n) is 3.83. The lowest BCUT2D eigenvalue weighted by atomic mass is 10.3. The zero-order valence-electron chi connectivity index (χ0n) is 11.3. The number of rotatable bonds is 3. The fourth-order valence-corrected chi connectivity index (χ4v) is 2.55. The van der Waals surface area contributed by atoms with E-state index in [1.54, 1.807) is 6.07 Å². The molecule has 100 valence electrons. The second kappa shape index (κ2) is 5.14. The zero-order chi connectivity index (χ0) is 13.2. The molecule has 0 radical (unpaired) electrons. The van der Waals surface area contributed by atoms with Crippen LogP contribution in [0.5, 0.6) is 0 Å². The molecule has 2 fully saturated rings. The number of anilines is 1. The third kappa shape index (κ3) is 3.02. The Morgan fingerprint density at radius 2 is 2.00 bits per heavy atom. The van der Waals surface area contributed by atoms with Gasteiger partial charge in [-0.1, -0.05) is 0 Å². The van der Waals surface area contributed by atoms with Crippen LogP contribution in [0.25, 0.3) is 0 Å². The molecule has 1 saturated heterocycles. The van der Waals surface area contributed by atoms with Crippen molar-refractivity contribution in [2.24, 2.45) is 5.92 Å². The van der Waals surface area contributed by atoms with Crippen LogP contribution in [0.4, 0.5) is 5.95 Å². The first-order valence-corrected chi connectivity index (χ1v) is 6.97. The van der Waals surface area contributed by atoms with E-state index in [9.17, 15) is 0 Å². The Morgan fingerprint density at radius 3 is 2.63 bits per heavy atom. The van der Waals surface area contributed by atoms with Gasteiger partial charge in [-0.3, -0.25) is 4.90 Å². The first-order valence-electron chi connectivity index (χ1n) is 6.97. The monoisotopic (exact) mass is 257 g/mol. The summed E-state index contributed by atoms with van der Waals surface area (Å²) in [6, 6.07) is 3.83. The van der Waals surface area contributed by atoms with Gasteiger partial charge in [0.25, 0.3) is 0 Å². The first-order chi connectivity index (χ1) is 9.24. The summed E-state index contributed by atoms with van der Waals surface area (Å²) in [4.78, 5) is 13.5. The summed E-state index contributed by atoms with van der Waals surface area (Å²) in [5.74, 6) is 1.66. The molecule has 0 bridgehead atoms. The molecule has 0 amide bonds. The molecule has 0 unspecified atom stereocenters. The van der Waals surface area contributed by atoms with Crippen LogP contribution in [0.2, 0.25) is 0 Å². The molecule has 0 N–H and O–H groups in total. The SMILES string of the molecule is Cc1cc(C#N)nc(N2CCN(CC3CC3)CC2)n1. The molecule has 0 aromatic carbocycles. The maximum Gasteiger partial charge on any atom is 0.226 e. The summed E-state index contributed by atoms with van der Waals surface area (Å²) in [5.41, 5.74) is 1.32. The smallest absolute Gasteiger partial charge is 0.226 e. The minimum atomic E-state index is 0.461. The summed E-state index contributed by atoms with van der Waals surface area (Å²) in [6.45, 7) is 7.24. The Kier molecular flexibility index (Phi) is 3.34. The highest BCUT2D eigenvalue weighted by Crippen LogP contribution is 2.30. The molecule has 2 aliphatic rings. The van der Waals surface area contributed by atoms with E-state index in [1.807, 2.05) is 6.92 Å². The Labute approximate surface area is 113 Å². The van der Waals surface area contributed by atoms with Gasteiger partial charge >= 0.3 is 0 Å². The van der Waals surface area contributed by atoms with Gasteiger partial charge in [0, 0.05) is 38.4 Å². The highest BCUT2D eigenvalue weighted by Gasteiger charge is 2.27. The lowest BCUT2D eigenvalue weighted by molar-refractivity contribution is 0.247. The fraction of sp³-hybridized carbons (Fsp3) is 0.643. The molecule has 0 atom stereocenters. The number of nitrogens with zero attached hydrogens (tertiary/aromatic N) is 5. The second-order valence-electron chi connectivity index (χ2n) is 5.54.